The molecule has 1 aromatic heterocycles. The Bertz CT molecular complexity index is 1160. The molecular weight excluding hydrogens is 348 g/mol. The second kappa shape index (κ2) is 7.28. The van der Waals surface area contributed by atoms with E-state index in [-0.39, 0.29) is 18.0 Å². The van der Waals surface area contributed by atoms with Crippen molar-refractivity contribution in [3.8, 4) is 0 Å². The van der Waals surface area contributed by atoms with E-state index in [4.69, 9.17) is 0 Å². The minimum Gasteiger partial charge on any atom is -0.355 e. The van der Waals surface area contributed by atoms with Gasteiger partial charge in [0.05, 0.1) is 10.9 Å². The smallest absolute Gasteiger partial charge is 0.328 e. The van der Waals surface area contributed by atoms with Crippen molar-refractivity contribution in [2.45, 2.75) is 13.5 Å². The quantitative estimate of drug-likeness (QED) is 0.646. The fourth-order valence-electron chi connectivity index (χ4n) is 2.77. The Morgan fingerprint density at radius 3 is 2.48 bits per heavy atom. The molecule has 0 saturated heterocycles. The van der Waals surface area contributed by atoms with Crippen molar-refractivity contribution < 1.29 is 9.59 Å². The highest BCUT2D eigenvalue weighted by Crippen LogP contribution is 2.14. The molecule has 2 aromatic carbocycles. The zero-order valence-corrected chi connectivity index (χ0v) is 14.8. The summed E-state index contributed by atoms with van der Waals surface area (Å²) in [5, 5.41) is 5.54. The molecule has 0 bridgehead atoms. The number of anilines is 1. The molecule has 27 heavy (non-hydrogen) atoms. The van der Waals surface area contributed by atoms with E-state index >= 15 is 0 Å². The van der Waals surface area contributed by atoms with Gasteiger partial charge in [-0.25, -0.2) is 4.79 Å². The van der Waals surface area contributed by atoms with Gasteiger partial charge in [0.1, 0.15) is 0 Å². The Morgan fingerprint density at radius 1 is 1.04 bits per heavy atom. The van der Waals surface area contributed by atoms with Crippen LogP contribution in [0.2, 0.25) is 0 Å². The Hall–Kier alpha value is -3.68. The number of aromatic nitrogens is 2. The number of aromatic amines is 1. The van der Waals surface area contributed by atoms with Crippen LogP contribution in [0.25, 0.3) is 10.9 Å². The molecule has 3 N–H and O–H groups in total. The highest BCUT2D eigenvalue weighted by molar-refractivity contribution is 6.06. The summed E-state index contributed by atoms with van der Waals surface area (Å²) in [6.45, 7) is 1.96. The molecule has 2 amide bonds. The second-order valence-corrected chi connectivity index (χ2v) is 5.85. The lowest BCUT2D eigenvalue weighted by molar-refractivity contribution is 0.0961. The summed E-state index contributed by atoms with van der Waals surface area (Å²) in [4.78, 5) is 51.1. The molecule has 0 aliphatic heterocycles. The standard InChI is InChI=1S/C19H18N4O4/c1-3-23-18(26)14-8-7-12(10-15(14)22-19(23)27)17(25)21-13-6-4-5-11(9-13)16(24)20-2/h4-10H,3H2,1-2H3,(H,20,24)(H,21,25)(H,22,27). The van der Waals surface area contributed by atoms with Crippen LogP contribution in [-0.2, 0) is 6.54 Å². The number of carbonyl (C=O) groups is 2. The summed E-state index contributed by atoms with van der Waals surface area (Å²) >= 11 is 0. The number of hydrogen-bond acceptors (Lipinski definition) is 4. The number of H-pyrrole nitrogens is 1. The number of fused-ring (bicyclic) bond motifs is 1. The van der Waals surface area contributed by atoms with Gasteiger partial charge in [-0.3, -0.25) is 19.0 Å². The predicted octanol–water partition coefficient (Wildman–Crippen LogP) is 1.32. The van der Waals surface area contributed by atoms with E-state index in [9.17, 15) is 19.2 Å². The molecule has 0 aliphatic rings. The molecule has 0 unspecified atom stereocenters. The SMILES string of the molecule is CCn1c(=O)[nH]c2cc(C(=O)Nc3cccc(C(=O)NC)c3)ccc2c1=O. The normalized spacial score (nSPS) is 10.6. The maximum atomic E-state index is 12.5. The van der Waals surface area contributed by atoms with E-state index in [1.807, 2.05) is 0 Å². The van der Waals surface area contributed by atoms with E-state index in [1.54, 1.807) is 31.2 Å². The van der Waals surface area contributed by atoms with Crippen LogP contribution in [0, 0.1) is 0 Å². The van der Waals surface area contributed by atoms with Crippen LogP contribution in [0.15, 0.2) is 52.1 Å². The number of hydrogen-bond donors (Lipinski definition) is 3. The number of nitrogens with one attached hydrogen (secondary N) is 3. The zero-order valence-electron chi connectivity index (χ0n) is 14.8. The minimum absolute atomic E-state index is 0.258. The monoisotopic (exact) mass is 366 g/mol. The summed E-state index contributed by atoms with van der Waals surface area (Å²) in [6, 6.07) is 11.0. The van der Waals surface area contributed by atoms with Gasteiger partial charge in [0.2, 0.25) is 0 Å². The lowest BCUT2D eigenvalue weighted by Crippen LogP contribution is -2.34. The van der Waals surface area contributed by atoms with Gasteiger partial charge in [-0.15, -0.1) is 0 Å². The number of benzene rings is 2. The van der Waals surface area contributed by atoms with Crippen LogP contribution in [0.1, 0.15) is 27.6 Å². The third-order valence-corrected chi connectivity index (χ3v) is 4.17. The molecule has 0 radical (unpaired) electrons. The first-order valence-corrected chi connectivity index (χ1v) is 8.35. The lowest BCUT2D eigenvalue weighted by atomic mass is 10.1. The number of rotatable bonds is 4. The molecule has 138 valence electrons. The Balaban J connectivity index is 1.94. The predicted molar refractivity (Wildman–Crippen MR) is 102 cm³/mol. The average Bonchev–Trinajstić information content (AvgIpc) is 2.67. The van der Waals surface area contributed by atoms with E-state index in [0.717, 1.165) is 4.57 Å². The summed E-state index contributed by atoms with van der Waals surface area (Å²) in [5.41, 5.74) is 0.514. The van der Waals surface area contributed by atoms with Gasteiger partial charge in [0, 0.05) is 30.4 Å². The minimum atomic E-state index is -0.522. The topological polar surface area (TPSA) is 113 Å². The van der Waals surface area contributed by atoms with Crippen molar-refractivity contribution in [2.75, 3.05) is 12.4 Å². The van der Waals surface area contributed by atoms with Crippen molar-refractivity contribution in [3.63, 3.8) is 0 Å². The van der Waals surface area contributed by atoms with Gasteiger partial charge in [-0.2, -0.15) is 0 Å². The third-order valence-electron chi connectivity index (χ3n) is 4.17. The second-order valence-electron chi connectivity index (χ2n) is 5.85. The van der Waals surface area contributed by atoms with Crippen LogP contribution in [-0.4, -0.2) is 28.4 Å². The number of nitrogens with zero attached hydrogens (tertiary/aromatic N) is 1. The van der Waals surface area contributed by atoms with Gasteiger partial charge >= 0.3 is 5.69 Å². The molecule has 0 saturated carbocycles. The fraction of sp³-hybridized carbons (Fsp3) is 0.158. The van der Waals surface area contributed by atoms with Gasteiger partial charge in [-0.05, 0) is 43.3 Å². The summed E-state index contributed by atoms with van der Waals surface area (Å²) < 4.78 is 1.09. The molecule has 0 atom stereocenters. The van der Waals surface area contributed by atoms with Crippen LogP contribution in [0.4, 0.5) is 5.69 Å². The van der Waals surface area contributed by atoms with E-state index in [0.29, 0.717) is 22.2 Å². The number of carbonyl (C=O) groups excluding carboxylic acids is 2. The number of amides is 2. The molecule has 8 nitrogen and oxygen atoms in total. The Kier molecular flexibility index (Phi) is 4.89. The molecule has 0 spiro atoms. The first-order valence-electron chi connectivity index (χ1n) is 8.35. The molecule has 3 aromatic rings. The van der Waals surface area contributed by atoms with E-state index in [2.05, 4.69) is 15.6 Å². The van der Waals surface area contributed by atoms with E-state index < -0.39 is 17.2 Å². The molecule has 8 heteroatoms. The zero-order chi connectivity index (χ0) is 19.6. The first kappa shape index (κ1) is 18.1. The maximum absolute atomic E-state index is 12.5. The average molecular weight is 366 g/mol. The Morgan fingerprint density at radius 2 is 1.78 bits per heavy atom. The maximum Gasteiger partial charge on any atom is 0.328 e. The molecule has 1 heterocycles. The third kappa shape index (κ3) is 3.50. The van der Waals surface area contributed by atoms with Gasteiger partial charge < -0.3 is 15.6 Å². The van der Waals surface area contributed by atoms with Crippen LogP contribution >= 0.6 is 0 Å². The van der Waals surface area contributed by atoms with Crippen molar-refractivity contribution in [3.05, 3.63) is 74.4 Å². The van der Waals surface area contributed by atoms with Crippen molar-refractivity contribution in [1.29, 1.82) is 0 Å². The largest absolute Gasteiger partial charge is 0.355 e. The first-order chi connectivity index (χ1) is 12.9. The van der Waals surface area contributed by atoms with Crippen LogP contribution < -0.4 is 21.9 Å². The van der Waals surface area contributed by atoms with Gasteiger partial charge in [0.25, 0.3) is 17.4 Å². The summed E-state index contributed by atoms with van der Waals surface area (Å²) in [6.07, 6.45) is 0. The van der Waals surface area contributed by atoms with Crippen molar-refractivity contribution in [2.24, 2.45) is 0 Å². The highest BCUT2D eigenvalue weighted by atomic mass is 16.2. The summed E-state index contributed by atoms with van der Waals surface area (Å²) in [5.74, 6) is -0.687. The Labute approximate surface area is 153 Å². The molecular formula is C19H18N4O4. The van der Waals surface area contributed by atoms with Crippen LogP contribution in [0.5, 0.6) is 0 Å². The molecule has 0 fully saturated rings. The highest BCUT2D eigenvalue weighted by Gasteiger charge is 2.12. The van der Waals surface area contributed by atoms with Crippen LogP contribution in [0.3, 0.4) is 0 Å². The van der Waals surface area contributed by atoms with E-state index in [1.165, 1.54) is 25.2 Å². The van der Waals surface area contributed by atoms with Crippen molar-refractivity contribution >= 4 is 28.4 Å². The van der Waals surface area contributed by atoms with Crippen molar-refractivity contribution in [1.82, 2.24) is 14.9 Å². The van der Waals surface area contributed by atoms with Gasteiger partial charge in [0.15, 0.2) is 0 Å². The lowest BCUT2D eigenvalue weighted by Gasteiger charge is -2.08. The van der Waals surface area contributed by atoms with Gasteiger partial charge in [-0.1, -0.05) is 6.07 Å². The molecule has 0 aliphatic carbocycles. The molecule has 3 rings (SSSR count). The summed E-state index contributed by atoms with van der Waals surface area (Å²) in [7, 11) is 1.52. The fourth-order valence-corrected chi connectivity index (χ4v) is 2.77.